The van der Waals surface area contributed by atoms with E-state index in [0.29, 0.717) is 38.2 Å². The Morgan fingerprint density at radius 1 is 1.17 bits per heavy atom. The minimum atomic E-state index is -0.698. The molecular formula is C30H42O6. The Morgan fingerprint density at radius 2 is 1.97 bits per heavy atom. The van der Waals surface area contributed by atoms with Crippen LogP contribution in [0.1, 0.15) is 64.9 Å². The van der Waals surface area contributed by atoms with Gasteiger partial charge in [-0.15, -0.1) is 0 Å². The van der Waals surface area contributed by atoms with E-state index in [4.69, 9.17) is 14.2 Å². The molecule has 198 valence electrons. The van der Waals surface area contributed by atoms with Crippen LogP contribution in [-0.4, -0.2) is 53.3 Å². The summed E-state index contributed by atoms with van der Waals surface area (Å²) in [4.78, 5) is 13.3. The van der Waals surface area contributed by atoms with Crippen LogP contribution >= 0.6 is 0 Å². The molecule has 0 bridgehead atoms. The van der Waals surface area contributed by atoms with Crippen LogP contribution in [-0.2, 0) is 20.7 Å². The van der Waals surface area contributed by atoms with Crippen LogP contribution < -0.4 is 4.74 Å². The standard InChI is InChI=1S/C30H42O6/c1-4-20-8-6-7-9-27(20)35-26(5-2)30(33)36-28-18-23(32)16-21-11-10-19(3)25(29(21)28)13-12-24-17-22(31)14-15-34-24/h6-11,16,19,22-26,28-29,31-32H,4-5,12-15,17-18H2,1-3H3/t19-,22+,23+,24+,25-,26?,28-,29-/m0/s1. The van der Waals surface area contributed by atoms with Gasteiger partial charge in [0, 0.05) is 18.9 Å². The maximum atomic E-state index is 13.3. The Hall–Kier alpha value is -2.15. The van der Waals surface area contributed by atoms with Crippen LogP contribution in [0.4, 0.5) is 0 Å². The number of fused-ring (bicyclic) bond motifs is 1. The summed E-state index contributed by atoms with van der Waals surface area (Å²) in [5.74, 6) is 0.936. The summed E-state index contributed by atoms with van der Waals surface area (Å²) in [6, 6.07) is 7.79. The summed E-state index contributed by atoms with van der Waals surface area (Å²) >= 11 is 0. The molecule has 2 N–H and O–H groups in total. The number of carbonyl (C=O) groups is 1. The average molecular weight is 499 g/mol. The van der Waals surface area contributed by atoms with Gasteiger partial charge in [0.15, 0.2) is 6.10 Å². The molecule has 1 aromatic carbocycles. The van der Waals surface area contributed by atoms with E-state index in [1.54, 1.807) is 0 Å². The SMILES string of the molecule is CCc1ccccc1OC(CC)C(=O)O[C@H]1C[C@H](O)C=C2C=C[C@H](C)[C@H](CC[C@@H]3C[C@H](O)CCO3)[C@H]21. The summed E-state index contributed by atoms with van der Waals surface area (Å²) in [6.07, 6.45) is 9.06. The first-order valence-electron chi connectivity index (χ1n) is 13.7. The Kier molecular flexibility index (Phi) is 9.26. The summed E-state index contributed by atoms with van der Waals surface area (Å²) < 4.78 is 18.2. The van der Waals surface area contributed by atoms with Gasteiger partial charge >= 0.3 is 5.97 Å². The van der Waals surface area contributed by atoms with Gasteiger partial charge in [-0.05, 0) is 67.6 Å². The fraction of sp³-hybridized carbons (Fsp3) is 0.633. The first-order chi connectivity index (χ1) is 17.4. The summed E-state index contributed by atoms with van der Waals surface area (Å²) in [7, 11) is 0. The zero-order chi connectivity index (χ0) is 25.7. The molecule has 2 aliphatic carbocycles. The fourth-order valence-corrected chi connectivity index (χ4v) is 6.01. The summed E-state index contributed by atoms with van der Waals surface area (Å²) in [5.41, 5.74) is 2.10. The van der Waals surface area contributed by atoms with Crippen molar-refractivity contribution >= 4 is 5.97 Å². The molecule has 1 unspecified atom stereocenters. The summed E-state index contributed by atoms with van der Waals surface area (Å²) in [5, 5.41) is 20.6. The summed E-state index contributed by atoms with van der Waals surface area (Å²) in [6.45, 7) is 6.80. The highest BCUT2D eigenvalue weighted by Crippen LogP contribution is 2.44. The Bertz CT molecular complexity index is 939. The molecule has 0 amide bonds. The number of hydrogen-bond donors (Lipinski definition) is 2. The van der Waals surface area contributed by atoms with Crippen molar-refractivity contribution in [2.75, 3.05) is 6.61 Å². The largest absolute Gasteiger partial charge is 0.478 e. The predicted molar refractivity (Wildman–Crippen MR) is 139 cm³/mol. The third-order valence-corrected chi connectivity index (χ3v) is 8.06. The molecular weight excluding hydrogens is 456 g/mol. The average Bonchev–Trinajstić information content (AvgIpc) is 2.87. The number of aliphatic hydroxyl groups is 2. The minimum absolute atomic E-state index is 0.0197. The molecule has 0 aromatic heterocycles. The lowest BCUT2D eigenvalue weighted by Gasteiger charge is -2.43. The number of aliphatic hydroxyl groups excluding tert-OH is 2. The Labute approximate surface area is 215 Å². The number of rotatable bonds is 9. The van der Waals surface area contributed by atoms with Gasteiger partial charge in [-0.1, -0.05) is 57.2 Å². The van der Waals surface area contributed by atoms with E-state index in [1.165, 1.54) is 0 Å². The number of benzene rings is 1. The lowest BCUT2D eigenvalue weighted by molar-refractivity contribution is -0.163. The highest BCUT2D eigenvalue weighted by Gasteiger charge is 2.43. The molecule has 6 nitrogen and oxygen atoms in total. The van der Waals surface area contributed by atoms with Crippen molar-refractivity contribution in [2.24, 2.45) is 17.8 Å². The fourth-order valence-electron chi connectivity index (χ4n) is 6.01. The van der Waals surface area contributed by atoms with Gasteiger partial charge in [0.1, 0.15) is 11.9 Å². The molecule has 1 heterocycles. The quantitative estimate of drug-likeness (QED) is 0.477. The molecule has 8 atom stereocenters. The number of carbonyl (C=O) groups excluding carboxylic acids is 1. The molecule has 6 heteroatoms. The van der Waals surface area contributed by atoms with Crippen LogP contribution in [0.2, 0.25) is 0 Å². The van der Waals surface area contributed by atoms with Gasteiger partial charge in [-0.2, -0.15) is 0 Å². The maximum Gasteiger partial charge on any atom is 0.347 e. The van der Waals surface area contributed by atoms with Crippen molar-refractivity contribution in [3.8, 4) is 5.75 Å². The molecule has 4 rings (SSSR count). The van der Waals surface area contributed by atoms with E-state index < -0.39 is 18.3 Å². The predicted octanol–water partition coefficient (Wildman–Crippen LogP) is 4.77. The smallest absolute Gasteiger partial charge is 0.347 e. The van der Waals surface area contributed by atoms with Crippen molar-refractivity contribution in [3.63, 3.8) is 0 Å². The molecule has 1 aliphatic heterocycles. The topological polar surface area (TPSA) is 85.2 Å². The molecule has 0 spiro atoms. The molecule has 0 saturated carbocycles. The van der Waals surface area contributed by atoms with Gasteiger partial charge in [0.25, 0.3) is 0 Å². The number of hydrogen-bond acceptors (Lipinski definition) is 6. The van der Waals surface area contributed by atoms with Crippen LogP contribution in [0.5, 0.6) is 5.75 Å². The van der Waals surface area contributed by atoms with Crippen molar-refractivity contribution in [3.05, 3.63) is 53.6 Å². The zero-order valence-corrected chi connectivity index (χ0v) is 21.8. The molecule has 3 aliphatic rings. The van der Waals surface area contributed by atoms with Crippen molar-refractivity contribution in [1.29, 1.82) is 0 Å². The van der Waals surface area contributed by atoms with E-state index in [2.05, 4.69) is 26.0 Å². The molecule has 1 saturated heterocycles. The first kappa shape index (κ1) is 26.9. The van der Waals surface area contributed by atoms with Crippen molar-refractivity contribution in [2.45, 2.75) is 96.2 Å². The van der Waals surface area contributed by atoms with Gasteiger partial charge < -0.3 is 24.4 Å². The van der Waals surface area contributed by atoms with Crippen LogP contribution in [0.15, 0.2) is 48.1 Å². The van der Waals surface area contributed by atoms with E-state index in [0.717, 1.165) is 36.1 Å². The zero-order valence-electron chi connectivity index (χ0n) is 21.8. The van der Waals surface area contributed by atoms with Crippen LogP contribution in [0.25, 0.3) is 0 Å². The molecule has 0 radical (unpaired) electrons. The minimum Gasteiger partial charge on any atom is -0.478 e. The van der Waals surface area contributed by atoms with E-state index in [9.17, 15) is 15.0 Å². The van der Waals surface area contributed by atoms with Gasteiger partial charge in [-0.3, -0.25) is 0 Å². The second-order valence-electron chi connectivity index (χ2n) is 10.6. The van der Waals surface area contributed by atoms with Crippen LogP contribution in [0, 0.1) is 17.8 Å². The normalized spacial score (nSPS) is 32.8. The Balaban J connectivity index is 1.48. The lowest BCUT2D eigenvalue weighted by atomic mass is 9.66. The van der Waals surface area contributed by atoms with E-state index in [1.807, 2.05) is 37.3 Å². The Morgan fingerprint density at radius 3 is 2.72 bits per heavy atom. The number of para-hydroxylation sites is 1. The van der Waals surface area contributed by atoms with Gasteiger partial charge in [-0.25, -0.2) is 4.79 Å². The van der Waals surface area contributed by atoms with Crippen molar-refractivity contribution in [1.82, 2.24) is 0 Å². The molecule has 1 aromatic rings. The first-order valence-corrected chi connectivity index (χ1v) is 13.7. The third-order valence-electron chi connectivity index (χ3n) is 8.06. The number of esters is 1. The van der Waals surface area contributed by atoms with Gasteiger partial charge in [0.2, 0.25) is 0 Å². The monoisotopic (exact) mass is 498 g/mol. The van der Waals surface area contributed by atoms with Crippen LogP contribution in [0.3, 0.4) is 0 Å². The number of ether oxygens (including phenoxy) is 3. The van der Waals surface area contributed by atoms with E-state index >= 15 is 0 Å². The van der Waals surface area contributed by atoms with Crippen molar-refractivity contribution < 1.29 is 29.2 Å². The highest BCUT2D eigenvalue weighted by molar-refractivity contribution is 5.75. The van der Waals surface area contributed by atoms with E-state index in [-0.39, 0.29) is 30.0 Å². The third kappa shape index (κ3) is 6.39. The maximum absolute atomic E-state index is 13.3. The number of aryl methyl sites for hydroxylation is 1. The molecule has 36 heavy (non-hydrogen) atoms. The highest BCUT2D eigenvalue weighted by atomic mass is 16.6. The molecule has 1 fully saturated rings. The number of allylic oxidation sites excluding steroid dienone is 2. The van der Waals surface area contributed by atoms with Gasteiger partial charge in [0.05, 0.1) is 18.3 Å². The second kappa shape index (κ2) is 12.4. The second-order valence-corrected chi connectivity index (χ2v) is 10.6. The lowest BCUT2D eigenvalue weighted by Crippen LogP contribution is -2.44.